The van der Waals surface area contributed by atoms with Crippen LogP contribution in [0.3, 0.4) is 0 Å². The molecule has 0 aliphatic heterocycles. The van der Waals surface area contributed by atoms with Crippen molar-refractivity contribution in [3.63, 3.8) is 0 Å². The number of nitrogen functional groups attached to an aromatic ring is 1. The zero-order chi connectivity index (χ0) is 13.4. The maximum atomic E-state index is 5.58. The van der Waals surface area contributed by atoms with Crippen LogP contribution in [0.15, 0.2) is 6.33 Å². The van der Waals surface area contributed by atoms with Crippen molar-refractivity contribution in [3.05, 3.63) is 11.9 Å². The highest BCUT2D eigenvalue weighted by Gasteiger charge is 2.09. The summed E-state index contributed by atoms with van der Waals surface area (Å²) < 4.78 is 11.0. The van der Waals surface area contributed by atoms with E-state index in [-0.39, 0.29) is 0 Å². The Labute approximate surface area is 108 Å². The highest BCUT2D eigenvalue weighted by Crippen LogP contribution is 2.21. The van der Waals surface area contributed by atoms with E-state index < -0.39 is 0 Å². The SMILES string of the molecule is CCc1c(NN)ncnc1OCCOCC(C)C. The van der Waals surface area contributed by atoms with Gasteiger partial charge in [-0.1, -0.05) is 20.8 Å². The van der Waals surface area contributed by atoms with Crippen molar-refractivity contribution in [2.45, 2.75) is 27.2 Å². The molecule has 0 atom stereocenters. The van der Waals surface area contributed by atoms with Crippen LogP contribution in [0, 0.1) is 5.92 Å². The summed E-state index contributed by atoms with van der Waals surface area (Å²) in [7, 11) is 0. The fraction of sp³-hybridized carbons (Fsp3) is 0.667. The van der Waals surface area contributed by atoms with Crippen LogP contribution in [-0.4, -0.2) is 29.8 Å². The Morgan fingerprint density at radius 3 is 2.72 bits per heavy atom. The van der Waals surface area contributed by atoms with Crippen LogP contribution in [-0.2, 0) is 11.2 Å². The summed E-state index contributed by atoms with van der Waals surface area (Å²) in [6.45, 7) is 7.99. The number of nitrogens with one attached hydrogen (secondary N) is 1. The molecule has 0 radical (unpaired) electrons. The number of hydrazine groups is 1. The third-order valence-electron chi connectivity index (χ3n) is 2.31. The number of hydrogen-bond donors (Lipinski definition) is 2. The molecule has 1 aromatic rings. The average Bonchev–Trinajstić information content (AvgIpc) is 2.37. The van der Waals surface area contributed by atoms with E-state index >= 15 is 0 Å². The number of aromatic nitrogens is 2. The highest BCUT2D eigenvalue weighted by molar-refractivity contribution is 5.47. The van der Waals surface area contributed by atoms with Gasteiger partial charge >= 0.3 is 0 Å². The van der Waals surface area contributed by atoms with Gasteiger partial charge in [-0.3, -0.25) is 0 Å². The van der Waals surface area contributed by atoms with Crippen molar-refractivity contribution in [1.29, 1.82) is 0 Å². The lowest BCUT2D eigenvalue weighted by molar-refractivity contribution is 0.0803. The van der Waals surface area contributed by atoms with Crippen LogP contribution in [0.1, 0.15) is 26.3 Å². The second-order valence-corrected chi connectivity index (χ2v) is 4.32. The molecule has 1 heterocycles. The first-order valence-corrected chi connectivity index (χ1v) is 6.20. The molecule has 0 aliphatic rings. The van der Waals surface area contributed by atoms with Gasteiger partial charge in [0, 0.05) is 6.61 Å². The molecule has 0 saturated carbocycles. The van der Waals surface area contributed by atoms with E-state index in [1.54, 1.807) is 0 Å². The normalized spacial score (nSPS) is 10.7. The number of ether oxygens (including phenoxy) is 2. The van der Waals surface area contributed by atoms with E-state index in [1.807, 2.05) is 6.92 Å². The highest BCUT2D eigenvalue weighted by atomic mass is 16.5. The summed E-state index contributed by atoms with van der Waals surface area (Å²) in [6, 6.07) is 0. The van der Waals surface area contributed by atoms with E-state index in [9.17, 15) is 0 Å². The second-order valence-electron chi connectivity index (χ2n) is 4.32. The van der Waals surface area contributed by atoms with Crippen molar-refractivity contribution in [2.75, 3.05) is 25.2 Å². The lowest BCUT2D eigenvalue weighted by atomic mass is 10.2. The van der Waals surface area contributed by atoms with Crippen molar-refractivity contribution in [1.82, 2.24) is 9.97 Å². The van der Waals surface area contributed by atoms with Crippen LogP contribution in [0.2, 0.25) is 0 Å². The zero-order valence-electron chi connectivity index (χ0n) is 11.3. The van der Waals surface area contributed by atoms with Crippen LogP contribution in [0.4, 0.5) is 5.82 Å². The molecule has 0 aliphatic carbocycles. The van der Waals surface area contributed by atoms with Crippen LogP contribution in [0.25, 0.3) is 0 Å². The minimum Gasteiger partial charge on any atom is -0.475 e. The standard InChI is InChI=1S/C12H22N4O2/c1-4-10-11(16-13)14-8-15-12(10)18-6-5-17-7-9(2)3/h8-9H,4-7,13H2,1-3H3,(H,14,15,16). The summed E-state index contributed by atoms with van der Waals surface area (Å²) in [5, 5.41) is 0. The fourth-order valence-corrected chi connectivity index (χ4v) is 1.48. The van der Waals surface area contributed by atoms with Gasteiger partial charge in [0.15, 0.2) is 0 Å². The Morgan fingerprint density at radius 2 is 2.11 bits per heavy atom. The van der Waals surface area contributed by atoms with Gasteiger partial charge in [0.1, 0.15) is 18.8 Å². The number of nitrogens with zero attached hydrogens (tertiary/aromatic N) is 2. The molecular formula is C12H22N4O2. The molecule has 0 unspecified atom stereocenters. The average molecular weight is 254 g/mol. The molecule has 0 amide bonds. The predicted molar refractivity (Wildman–Crippen MR) is 70.4 cm³/mol. The molecule has 1 rings (SSSR count). The topological polar surface area (TPSA) is 82.3 Å². The van der Waals surface area contributed by atoms with Crippen molar-refractivity contribution >= 4 is 5.82 Å². The summed E-state index contributed by atoms with van der Waals surface area (Å²) >= 11 is 0. The molecule has 0 bridgehead atoms. The number of anilines is 1. The van der Waals surface area contributed by atoms with E-state index in [1.165, 1.54) is 6.33 Å². The summed E-state index contributed by atoms with van der Waals surface area (Å²) in [5.74, 6) is 7.08. The molecule has 102 valence electrons. The van der Waals surface area contributed by atoms with Gasteiger partial charge in [-0.15, -0.1) is 0 Å². The Bertz CT molecular complexity index is 358. The summed E-state index contributed by atoms with van der Waals surface area (Å²) in [4.78, 5) is 8.14. The molecule has 0 saturated heterocycles. The third kappa shape index (κ3) is 4.46. The smallest absolute Gasteiger partial charge is 0.221 e. The fourth-order valence-electron chi connectivity index (χ4n) is 1.48. The number of rotatable bonds is 8. The zero-order valence-corrected chi connectivity index (χ0v) is 11.3. The molecule has 0 aromatic carbocycles. The summed E-state index contributed by atoms with van der Waals surface area (Å²) in [6.07, 6.45) is 2.18. The van der Waals surface area contributed by atoms with E-state index in [0.717, 1.165) is 18.6 Å². The maximum absolute atomic E-state index is 5.58. The van der Waals surface area contributed by atoms with E-state index in [4.69, 9.17) is 15.3 Å². The Morgan fingerprint density at radius 1 is 1.33 bits per heavy atom. The van der Waals surface area contributed by atoms with Gasteiger partial charge < -0.3 is 14.9 Å². The van der Waals surface area contributed by atoms with Crippen LogP contribution >= 0.6 is 0 Å². The van der Waals surface area contributed by atoms with Crippen LogP contribution < -0.4 is 16.0 Å². The van der Waals surface area contributed by atoms with Gasteiger partial charge in [0.05, 0.1) is 12.2 Å². The molecule has 0 spiro atoms. The Hall–Kier alpha value is -1.40. The first-order valence-electron chi connectivity index (χ1n) is 6.20. The Kier molecular flexibility index (Phi) is 6.38. The molecule has 0 fully saturated rings. The first kappa shape index (κ1) is 14.7. The number of hydrogen-bond acceptors (Lipinski definition) is 6. The lowest BCUT2D eigenvalue weighted by Gasteiger charge is -2.12. The van der Waals surface area contributed by atoms with Gasteiger partial charge in [-0.25, -0.2) is 15.8 Å². The number of nitrogens with two attached hydrogens (primary N) is 1. The molecule has 3 N–H and O–H groups in total. The second kappa shape index (κ2) is 7.84. The maximum Gasteiger partial charge on any atom is 0.221 e. The van der Waals surface area contributed by atoms with Crippen LogP contribution in [0.5, 0.6) is 5.88 Å². The van der Waals surface area contributed by atoms with Gasteiger partial charge in [-0.2, -0.15) is 0 Å². The third-order valence-corrected chi connectivity index (χ3v) is 2.31. The van der Waals surface area contributed by atoms with E-state index in [0.29, 0.717) is 30.8 Å². The van der Waals surface area contributed by atoms with Gasteiger partial charge in [-0.05, 0) is 12.3 Å². The van der Waals surface area contributed by atoms with Gasteiger partial charge in [0.25, 0.3) is 0 Å². The molecular weight excluding hydrogens is 232 g/mol. The molecule has 6 nitrogen and oxygen atoms in total. The monoisotopic (exact) mass is 254 g/mol. The minimum atomic E-state index is 0.473. The molecule has 18 heavy (non-hydrogen) atoms. The molecule has 6 heteroatoms. The molecule has 1 aromatic heterocycles. The summed E-state index contributed by atoms with van der Waals surface area (Å²) in [5.41, 5.74) is 3.42. The quantitative estimate of drug-likeness (QED) is 0.414. The van der Waals surface area contributed by atoms with Crippen molar-refractivity contribution in [2.24, 2.45) is 11.8 Å². The van der Waals surface area contributed by atoms with Crippen molar-refractivity contribution < 1.29 is 9.47 Å². The van der Waals surface area contributed by atoms with E-state index in [2.05, 4.69) is 29.2 Å². The largest absolute Gasteiger partial charge is 0.475 e. The minimum absolute atomic E-state index is 0.473. The predicted octanol–water partition coefficient (Wildman–Crippen LogP) is 1.38. The Balaban J connectivity index is 2.46. The first-order chi connectivity index (χ1) is 8.69. The van der Waals surface area contributed by atoms with Gasteiger partial charge in [0.2, 0.25) is 5.88 Å². The van der Waals surface area contributed by atoms with Crippen molar-refractivity contribution in [3.8, 4) is 5.88 Å². The lowest BCUT2D eigenvalue weighted by Crippen LogP contribution is -2.15.